The quantitative estimate of drug-likeness (QED) is 0.720. The Morgan fingerprint density at radius 2 is 1.86 bits per heavy atom. The molecule has 0 radical (unpaired) electrons. The average Bonchev–Trinajstić information content (AvgIpc) is 3.29. The van der Waals surface area contributed by atoms with Gasteiger partial charge >= 0.3 is 18.0 Å². The molecule has 2 saturated heterocycles. The molecule has 29 heavy (non-hydrogen) atoms. The zero-order chi connectivity index (χ0) is 21.0. The zero-order valence-electron chi connectivity index (χ0n) is 15.5. The molecule has 3 fully saturated rings. The van der Waals surface area contributed by atoms with Gasteiger partial charge in [-0.05, 0) is 31.1 Å². The molecule has 3 aliphatic rings. The van der Waals surface area contributed by atoms with Crippen LogP contribution in [0.1, 0.15) is 30.9 Å². The van der Waals surface area contributed by atoms with E-state index in [1.54, 1.807) is 0 Å². The van der Waals surface area contributed by atoms with E-state index in [0.29, 0.717) is 19.3 Å². The van der Waals surface area contributed by atoms with E-state index in [9.17, 15) is 31.2 Å². The molecule has 2 amide bonds. The second-order valence-corrected chi connectivity index (χ2v) is 10.2. The summed E-state index contributed by atoms with van der Waals surface area (Å²) >= 11 is 0. The van der Waals surface area contributed by atoms with Gasteiger partial charge in [-0.3, -0.25) is 14.3 Å². The van der Waals surface area contributed by atoms with E-state index >= 15 is 0 Å². The number of nitrogens with zero attached hydrogens (tertiary/aromatic N) is 3. The van der Waals surface area contributed by atoms with Gasteiger partial charge in [0, 0.05) is 19.0 Å². The number of hydrogen-bond acceptors (Lipinski definition) is 5. The fourth-order valence-corrected chi connectivity index (χ4v) is 6.54. The molecule has 2 unspecified atom stereocenters. The van der Waals surface area contributed by atoms with Gasteiger partial charge in [-0.15, -0.1) is 0 Å². The molecule has 1 aliphatic carbocycles. The summed E-state index contributed by atoms with van der Waals surface area (Å²) in [6, 6.07) is 0. The molecule has 4 rings (SSSR count). The van der Waals surface area contributed by atoms with E-state index in [-0.39, 0.29) is 53.7 Å². The van der Waals surface area contributed by atoms with Crippen molar-refractivity contribution in [2.45, 2.75) is 37.9 Å². The lowest BCUT2D eigenvalue weighted by Gasteiger charge is -2.33. The molecule has 3 heterocycles. The van der Waals surface area contributed by atoms with Crippen molar-refractivity contribution in [2.24, 2.45) is 11.8 Å². The minimum absolute atomic E-state index is 0.00850. The van der Waals surface area contributed by atoms with Gasteiger partial charge in [-0.25, -0.2) is 8.42 Å². The molecule has 1 N–H and O–H groups in total. The summed E-state index contributed by atoms with van der Waals surface area (Å²) in [6.45, 7) is -0.781. The van der Waals surface area contributed by atoms with Gasteiger partial charge in [0.1, 0.15) is 6.54 Å². The molecule has 1 aromatic rings. The number of nitrogens with one attached hydrogen (secondary N) is 1. The fourth-order valence-electron chi connectivity index (χ4n) is 4.29. The molecule has 0 spiro atoms. The minimum Gasteiger partial charge on any atom is -0.334 e. The van der Waals surface area contributed by atoms with Gasteiger partial charge in [-0.2, -0.15) is 18.3 Å². The highest BCUT2D eigenvalue weighted by atomic mass is 32.2. The number of hydrogen-bond donors (Lipinski definition) is 1. The molecular weight excluding hydrogens is 413 g/mol. The van der Waals surface area contributed by atoms with E-state index in [2.05, 4.69) is 10.4 Å². The average molecular weight is 434 g/mol. The highest BCUT2D eigenvalue weighted by molar-refractivity contribution is 7.91. The monoisotopic (exact) mass is 434 g/mol. The van der Waals surface area contributed by atoms with Crippen molar-refractivity contribution in [3.05, 3.63) is 11.9 Å². The van der Waals surface area contributed by atoms with Crippen LogP contribution in [0.15, 0.2) is 6.20 Å². The standard InChI is InChI=1S/C17H21F3N4O4S/c18-17(19,20)9-24-14(10-1-2-10)13(5-21-24)22-15(25)16(26)23-4-3-11-7-29(27,28)8-12(11)6-23/h5,10-12H,1-4,6-9H2,(H,22,25). The molecule has 12 heteroatoms. The third-order valence-corrected chi connectivity index (χ3v) is 7.60. The van der Waals surface area contributed by atoms with E-state index in [0.717, 1.165) is 10.9 Å². The Morgan fingerprint density at radius 1 is 1.17 bits per heavy atom. The van der Waals surface area contributed by atoms with Crippen molar-refractivity contribution in [2.75, 3.05) is 29.9 Å². The van der Waals surface area contributed by atoms with Gasteiger partial charge in [-0.1, -0.05) is 0 Å². The van der Waals surface area contributed by atoms with Crippen molar-refractivity contribution in [3.8, 4) is 0 Å². The molecule has 0 aromatic carbocycles. The Balaban J connectivity index is 1.44. The van der Waals surface area contributed by atoms with E-state index in [4.69, 9.17) is 0 Å². The van der Waals surface area contributed by atoms with Crippen molar-refractivity contribution >= 4 is 27.3 Å². The Morgan fingerprint density at radius 3 is 2.52 bits per heavy atom. The molecule has 160 valence electrons. The fraction of sp³-hybridized carbons (Fsp3) is 0.706. The minimum atomic E-state index is -4.45. The summed E-state index contributed by atoms with van der Waals surface area (Å²) < 4.78 is 62.7. The Hall–Kier alpha value is -2.11. The molecule has 2 aliphatic heterocycles. The lowest BCUT2D eigenvalue weighted by atomic mass is 9.88. The van der Waals surface area contributed by atoms with Gasteiger partial charge in [0.15, 0.2) is 9.84 Å². The summed E-state index contributed by atoms with van der Waals surface area (Å²) in [5.41, 5.74) is 0.400. The third kappa shape index (κ3) is 4.41. The lowest BCUT2D eigenvalue weighted by Crippen LogP contribution is -2.47. The molecule has 8 nitrogen and oxygen atoms in total. The van der Waals surface area contributed by atoms with E-state index in [1.165, 1.54) is 4.90 Å². The number of carbonyl (C=O) groups excluding carboxylic acids is 2. The summed E-state index contributed by atoms with van der Waals surface area (Å²) in [6.07, 6.45) is -1.40. The molecule has 1 saturated carbocycles. The SMILES string of the molecule is O=C(Nc1cnn(CC(F)(F)F)c1C1CC1)C(=O)N1CCC2CS(=O)(=O)CC2C1. The van der Waals surface area contributed by atoms with Gasteiger partial charge < -0.3 is 10.2 Å². The summed E-state index contributed by atoms with van der Waals surface area (Å²) in [4.78, 5) is 26.3. The van der Waals surface area contributed by atoms with Crippen LogP contribution in [0, 0.1) is 11.8 Å². The van der Waals surface area contributed by atoms with Crippen LogP contribution in [0.2, 0.25) is 0 Å². The smallest absolute Gasteiger partial charge is 0.334 e. The number of halogens is 3. The van der Waals surface area contributed by atoms with Crippen LogP contribution in [0.5, 0.6) is 0 Å². The Kier molecular flexibility index (Phi) is 4.87. The number of rotatable bonds is 3. The highest BCUT2D eigenvalue weighted by Gasteiger charge is 2.43. The van der Waals surface area contributed by atoms with Crippen LogP contribution >= 0.6 is 0 Å². The summed E-state index contributed by atoms with van der Waals surface area (Å²) in [5.74, 6) is -1.91. The van der Waals surface area contributed by atoms with Crippen LogP contribution < -0.4 is 5.32 Å². The van der Waals surface area contributed by atoms with Gasteiger partial charge in [0.25, 0.3) is 0 Å². The number of carbonyl (C=O) groups is 2. The third-order valence-electron chi connectivity index (χ3n) is 5.73. The normalized spacial score (nSPS) is 26.2. The van der Waals surface area contributed by atoms with E-state index in [1.807, 2.05) is 0 Å². The van der Waals surface area contributed by atoms with Crippen molar-refractivity contribution < 1.29 is 31.2 Å². The van der Waals surface area contributed by atoms with Crippen molar-refractivity contribution in [1.82, 2.24) is 14.7 Å². The maximum atomic E-state index is 12.8. The second kappa shape index (κ2) is 6.99. The maximum Gasteiger partial charge on any atom is 0.408 e. The van der Waals surface area contributed by atoms with E-state index < -0.39 is 34.4 Å². The number of amides is 2. The molecular formula is C17H21F3N4O4S. The Labute approximate surface area is 165 Å². The van der Waals surface area contributed by atoms with Crippen LogP contribution in [-0.4, -0.2) is 65.7 Å². The topological polar surface area (TPSA) is 101 Å². The summed E-state index contributed by atoms with van der Waals surface area (Å²) in [5, 5.41) is 6.15. The lowest BCUT2D eigenvalue weighted by molar-refractivity contribution is -0.144. The number of likely N-dealkylation sites (tertiary alicyclic amines) is 1. The molecule has 1 aromatic heterocycles. The van der Waals surface area contributed by atoms with Crippen molar-refractivity contribution in [1.29, 1.82) is 0 Å². The molecule has 2 atom stereocenters. The predicted octanol–water partition coefficient (Wildman–Crippen LogP) is 1.15. The summed E-state index contributed by atoms with van der Waals surface area (Å²) in [7, 11) is -3.11. The van der Waals surface area contributed by atoms with Crippen LogP contribution in [0.4, 0.5) is 18.9 Å². The molecule has 0 bridgehead atoms. The first-order valence-corrected chi connectivity index (χ1v) is 11.3. The second-order valence-electron chi connectivity index (χ2n) is 8.08. The largest absolute Gasteiger partial charge is 0.408 e. The maximum absolute atomic E-state index is 12.8. The highest BCUT2D eigenvalue weighted by Crippen LogP contribution is 2.44. The van der Waals surface area contributed by atoms with Crippen LogP contribution in [0.25, 0.3) is 0 Å². The first-order chi connectivity index (χ1) is 13.5. The number of sulfone groups is 1. The predicted molar refractivity (Wildman–Crippen MR) is 95.7 cm³/mol. The number of alkyl halides is 3. The number of fused-ring (bicyclic) bond motifs is 1. The van der Waals surface area contributed by atoms with Crippen LogP contribution in [-0.2, 0) is 26.0 Å². The number of anilines is 1. The van der Waals surface area contributed by atoms with Gasteiger partial charge in [0.2, 0.25) is 0 Å². The number of piperidine rings is 1. The zero-order valence-corrected chi connectivity index (χ0v) is 16.3. The van der Waals surface area contributed by atoms with Gasteiger partial charge in [0.05, 0.1) is 29.1 Å². The first kappa shape index (κ1) is 20.2. The van der Waals surface area contributed by atoms with Crippen molar-refractivity contribution in [3.63, 3.8) is 0 Å². The Bertz CT molecular complexity index is 939. The van der Waals surface area contributed by atoms with Crippen LogP contribution in [0.3, 0.4) is 0 Å². The number of aromatic nitrogens is 2. The first-order valence-electron chi connectivity index (χ1n) is 9.45.